The van der Waals surface area contributed by atoms with Crippen molar-refractivity contribution >= 4 is 17.5 Å². The summed E-state index contributed by atoms with van der Waals surface area (Å²) in [5.41, 5.74) is 4.00. The van der Waals surface area contributed by atoms with Crippen molar-refractivity contribution in [3.05, 3.63) is 72.1 Å². The average Bonchev–Trinajstić information content (AvgIpc) is 3.20. The average molecular weight is 346 g/mol. The maximum Gasteiger partial charge on any atom is 0.253 e. The molecule has 2 amide bonds. The van der Waals surface area contributed by atoms with Crippen molar-refractivity contribution in [3.8, 4) is 11.1 Å². The van der Waals surface area contributed by atoms with Crippen LogP contribution in [0.4, 0.5) is 5.69 Å². The number of nitrogens with zero attached hydrogens (tertiary/aromatic N) is 2. The van der Waals surface area contributed by atoms with Gasteiger partial charge in [-0.2, -0.15) is 5.10 Å². The Kier molecular flexibility index (Phi) is 4.01. The van der Waals surface area contributed by atoms with Crippen molar-refractivity contribution < 1.29 is 9.59 Å². The van der Waals surface area contributed by atoms with Crippen LogP contribution in [-0.2, 0) is 4.79 Å². The highest BCUT2D eigenvalue weighted by Crippen LogP contribution is 2.29. The van der Waals surface area contributed by atoms with Crippen molar-refractivity contribution in [2.45, 2.75) is 5.92 Å². The molecule has 2 aromatic carbocycles. The quantitative estimate of drug-likeness (QED) is 0.765. The molecule has 0 aliphatic carbocycles. The lowest BCUT2D eigenvalue weighted by atomic mass is 9.89. The molecule has 3 aromatic rings. The molecular formula is C20H18N4O2. The molecule has 26 heavy (non-hydrogen) atoms. The first kappa shape index (κ1) is 16.1. The van der Waals surface area contributed by atoms with Crippen LogP contribution >= 0.6 is 0 Å². The van der Waals surface area contributed by atoms with Crippen LogP contribution in [0, 0.1) is 0 Å². The summed E-state index contributed by atoms with van der Waals surface area (Å²) in [5, 5.41) is 9.72. The van der Waals surface area contributed by atoms with Crippen LogP contribution in [0.2, 0.25) is 0 Å². The summed E-state index contributed by atoms with van der Waals surface area (Å²) >= 11 is 0. The third-order valence-electron chi connectivity index (χ3n) is 4.65. The number of hydrogen-bond acceptors (Lipinski definition) is 3. The largest absolute Gasteiger partial charge is 0.341 e. The molecule has 1 unspecified atom stereocenters. The Morgan fingerprint density at radius 2 is 2.04 bits per heavy atom. The first-order valence-electron chi connectivity index (χ1n) is 8.38. The van der Waals surface area contributed by atoms with E-state index < -0.39 is 5.92 Å². The van der Waals surface area contributed by atoms with E-state index in [0.29, 0.717) is 17.8 Å². The minimum absolute atomic E-state index is 0.0494. The Balaban J connectivity index is 1.60. The lowest BCUT2D eigenvalue weighted by Gasteiger charge is -2.31. The number of H-pyrrole nitrogens is 1. The highest BCUT2D eigenvalue weighted by atomic mass is 16.2. The zero-order chi connectivity index (χ0) is 18.1. The number of nitrogens with one attached hydrogen (secondary N) is 2. The van der Waals surface area contributed by atoms with Gasteiger partial charge in [0.05, 0.1) is 12.1 Å². The molecule has 0 saturated heterocycles. The summed E-state index contributed by atoms with van der Waals surface area (Å²) in [6.07, 6.45) is 3.54. The zero-order valence-electron chi connectivity index (χ0n) is 14.3. The van der Waals surface area contributed by atoms with Gasteiger partial charge in [-0.05, 0) is 29.3 Å². The van der Waals surface area contributed by atoms with Crippen LogP contribution in [0.3, 0.4) is 0 Å². The van der Waals surface area contributed by atoms with Gasteiger partial charge in [0.2, 0.25) is 5.91 Å². The van der Waals surface area contributed by atoms with Crippen LogP contribution in [0.5, 0.6) is 0 Å². The SMILES string of the molecule is CN1CC(C(=O)Nc2cccc(-c3cn[nH]c3)c2)c2ccccc2C1=O. The van der Waals surface area contributed by atoms with Gasteiger partial charge >= 0.3 is 0 Å². The summed E-state index contributed by atoms with van der Waals surface area (Å²) in [4.78, 5) is 26.8. The van der Waals surface area contributed by atoms with Crippen LogP contribution in [0.1, 0.15) is 21.8 Å². The fourth-order valence-corrected chi connectivity index (χ4v) is 3.30. The number of rotatable bonds is 3. The van der Waals surface area contributed by atoms with E-state index in [1.54, 1.807) is 30.4 Å². The Morgan fingerprint density at radius 1 is 1.19 bits per heavy atom. The van der Waals surface area contributed by atoms with E-state index in [1.165, 1.54) is 0 Å². The summed E-state index contributed by atoms with van der Waals surface area (Å²) in [7, 11) is 1.72. The lowest BCUT2D eigenvalue weighted by Crippen LogP contribution is -2.41. The number of fused-ring (bicyclic) bond motifs is 1. The van der Waals surface area contributed by atoms with Crippen molar-refractivity contribution in [1.82, 2.24) is 15.1 Å². The Bertz CT molecular complexity index is 965. The van der Waals surface area contributed by atoms with Gasteiger partial charge in [0.15, 0.2) is 0 Å². The second-order valence-corrected chi connectivity index (χ2v) is 6.38. The molecule has 0 saturated carbocycles. The molecule has 1 aliphatic rings. The maximum atomic E-state index is 12.9. The lowest BCUT2D eigenvalue weighted by molar-refractivity contribution is -0.117. The third kappa shape index (κ3) is 2.86. The molecule has 0 spiro atoms. The summed E-state index contributed by atoms with van der Waals surface area (Å²) in [6.45, 7) is 0.364. The molecule has 130 valence electrons. The second-order valence-electron chi connectivity index (χ2n) is 6.38. The minimum atomic E-state index is -0.397. The molecule has 1 aromatic heterocycles. The number of benzene rings is 2. The number of likely N-dealkylation sites (N-methyl/N-ethyl adjacent to an activating group) is 1. The van der Waals surface area contributed by atoms with Gasteiger partial charge in [0, 0.05) is 36.6 Å². The number of carbonyl (C=O) groups is 2. The third-order valence-corrected chi connectivity index (χ3v) is 4.65. The van der Waals surface area contributed by atoms with Gasteiger partial charge in [-0.1, -0.05) is 30.3 Å². The molecule has 0 bridgehead atoms. The van der Waals surface area contributed by atoms with Crippen LogP contribution in [0.15, 0.2) is 60.9 Å². The first-order chi connectivity index (χ1) is 12.6. The molecule has 1 atom stereocenters. The van der Waals surface area contributed by atoms with Crippen LogP contribution in [-0.4, -0.2) is 40.5 Å². The standard InChI is InChI=1S/C20H18N4O2/c1-24-12-18(16-7-2-3-8-17(16)20(24)26)19(25)23-15-6-4-5-13(9-15)14-10-21-22-11-14/h2-11,18H,12H2,1H3,(H,21,22)(H,23,25). The van der Waals surface area contributed by atoms with Gasteiger partial charge < -0.3 is 10.2 Å². The molecule has 0 fully saturated rings. The van der Waals surface area contributed by atoms with E-state index >= 15 is 0 Å². The summed E-state index contributed by atoms with van der Waals surface area (Å²) in [5.74, 6) is -0.570. The summed E-state index contributed by atoms with van der Waals surface area (Å²) < 4.78 is 0. The molecule has 6 heteroatoms. The van der Waals surface area contributed by atoms with E-state index in [4.69, 9.17) is 0 Å². The number of aromatic amines is 1. The van der Waals surface area contributed by atoms with E-state index in [9.17, 15) is 9.59 Å². The van der Waals surface area contributed by atoms with Gasteiger partial charge in [0.1, 0.15) is 0 Å². The van der Waals surface area contributed by atoms with Gasteiger partial charge in [-0.25, -0.2) is 0 Å². The zero-order valence-corrected chi connectivity index (χ0v) is 14.3. The number of anilines is 1. The van der Waals surface area contributed by atoms with Crippen LogP contribution < -0.4 is 5.32 Å². The molecule has 4 rings (SSSR count). The Hall–Kier alpha value is -3.41. The molecule has 2 heterocycles. The van der Waals surface area contributed by atoms with Gasteiger partial charge in [-0.3, -0.25) is 14.7 Å². The Morgan fingerprint density at radius 3 is 2.85 bits per heavy atom. The van der Waals surface area contributed by atoms with Crippen molar-refractivity contribution in [1.29, 1.82) is 0 Å². The molecule has 6 nitrogen and oxygen atoms in total. The highest BCUT2D eigenvalue weighted by molar-refractivity contribution is 6.03. The molecule has 2 N–H and O–H groups in total. The summed E-state index contributed by atoms with van der Waals surface area (Å²) in [6, 6.07) is 14.9. The highest BCUT2D eigenvalue weighted by Gasteiger charge is 2.33. The molecule has 1 aliphatic heterocycles. The van der Waals surface area contributed by atoms with E-state index in [2.05, 4.69) is 15.5 Å². The predicted molar refractivity (Wildman–Crippen MR) is 98.8 cm³/mol. The Labute approximate surface area is 150 Å². The number of carbonyl (C=O) groups excluding carboxylic acids is 2. The maximum absolute atomic E-state index is 12.9. The van der Waals surface area contributed by atoms with E-state index in [1.807, 2.05) is 42.5 Å². The van der Waals surface area contributed by atoms with Crippen LogP contribution in [0.25, 0.3) is 11.1 Å². The van der Waals surface area contributed by atoms with E-state index in [-0.39, 0.29) is 11.8 Å². The second kappa shape index (κ2) is 6.48. The van der Waals surface area contributed by atoms with Gasteiger partial charge in [-0.15, -0.1) is 0 Å². The number of amides is 2. The van der Waals surface area contributed by atoms with Crippen molar-refractivity contribution in [2.24, 2.45) is 0 Å². The molecule has 0 radical (unpaired) electrons. The fourth-order valence-electron chi connectivity index (χ4n) is 3.30. The number of hydrogen-bond donors (Lipinski definition) is 2. The topological polar surface area (TPSA) is 78.1 Å². The minimum Gasteiger partial charge on any atom is -0.341 e. The number of aromatic nitrogens is 2. The van der Waals surface area contributed by atoms with Gasteiger partial charge in [0.25, 0.3) is 5.91 Å². The first-order valence-corrected chi connectivity index (χ1v) is 8.38. The van der Waals surface area contributed by atoms with Crippen molar-refractivity contribution in [3.63, 3.8) is 0 Å². The smallest absolute Gasteiger partial charge is 0.253 e. The monoisotopic (exact) mass is 346 g/mol. The normalized spacial score (nSPS) is 16.3. The molecular weight excluding hydrogens is 328 g/mol. The van der Waals surface area contributed by atoms with Crippen molar-refractivity contribution in [2.75, 3.05) is 18.9 Å². The fraction of sp³-hybridized carbons (Fsp3) is 0.150. The van der Waals surface area contributed by atoms with E-state index in [0.717, 1.165) is 16.7 Å². The predicted octanol–water partition coefficient (Wildman–Crippen LogP) is 2.88.